The fourth-order valence-corrected chi connectivity index (χ4v) is 13.6. The molecule has 0 unspecified atom stereocenters. The number of ether oxygens (including phenoxy) is 3. The number of hydrogen-bond acceptors (Lipinski definition) is 30. The average molecular weight is 1760 g/mol. The highest BCUT2D eigenvalue weighted by Crippen LogP contribution is 2.36. The van der Waals surface area contributed by atoms with E-state index in [0.29, 0.717) is 57.2 Å². The van der Waals surface area contributed by atoms with Crippen molar-refractivity contribution in [2.75, 3.05) is 30.5 Å². The van der Waals surface area contributed by atoms with Crippen LogP contribution in [0.3, 0.4) is 0 Å². The first-order valence-electron chi connectivity index (χ1n) is 39.4. The minimum Gasteiger partial charge on any atom is -0.506 e. The largest absolute Gasteiger partial charge is 0.534 e. The molecule has 16 rings (SSSR count). The Morgan fingerprint density at radius 3 is 1.18 bits per heavy atom. The summed E-state index contributed by atoms with van der Waals surface area (Å²) >= 11 is 0. The molecule has 0 aliphatic heterocycles. The lowest BCUT2D eigenvalue weighted by Gasteiger charge is -2.18. The van der Waals surface area contributed by atoms with E-state index in [-0.39, 0.29) is 79.7 Å². The molecule has 10 heterocycles. The molecular formula is C90H79F3N16O18S. The van der Waals surface area contributed by atoms with E-state index in [4.69, 9.17) is 33.6 Å². The number of nitrogens with one attached hydrogen (secondary N) is 2. The quantitative estimate of drug-likeness (QED) is 0.0196. The van der Waals surface area contributed by atoms with Gasteiger partial charge in [-0.25, -0.2) is 54.3 Å². The van der Waals surface area contributed by atoms with E-state index in [9.17, 15) is 60.3 Å². The minimum absolute atomic E-state index is 0.0604. The predicted molar refractivity (Wildman–Crippen MR) is 464 cm³/mol. The van der Waals surface area contributed by atoms with Gasteiger partial charge < -0.3 is 53.5 Å². The van der Waals surface area contributed by atoms with E-state index >= 15 is 0 Å². The third-order valence-electron chi connectivity index (χ3n) is 19.2. The summed E-state index contributed by atoms with van der Waals surface area (Å²) in [6.45, 7) is 12.2. The van der Waals surface area contributed by atoms with Crippen LogP contribution >= 0.6 is 0 Å². The van der Waals surface area contributed by atoms with Crippen molar-refractivity contribution in [1.82, 2.24) is 68.8 Å². The first-order chi connectivity index (χ1) is 61.8. The van der Waals surface area contributed by atoms with Crippen LogP contribution in [0, 0.1) is 27.7 Å². The number of rotatable bonds is 26. The topological polar surface area (TPSA) is 420 Å². The summed E-state index contributed by atoms with van der Waals surface area (Å²) in [5, 5.41) is 20.1. The summed E-state index contributed by atoms with van der Waals surface area (Å²) < 4.78 is 85.4. The van der Waals surface area contributed by atoms with Crippen LogP contribution in [-0.4, -0.2) is 126 Å². The van der Waals surface area contributed by atoms with Crippen molar-refractivity contribution in [2.24, 2.45) is 0 Å². The maximum Gasteiger partial charge on any atom is 0.534 e. The zero-order valence-electron chi connectivity index (χ0n) is 69.4. The number of carbonyl (C=O) groups excluding carboxylic acids is 3. The third-order valence-corrected chi connectivity index (χ3v) is 20.1. The van der Waals surface area contributed by atoms with Crippen LogP contribution in [0.4, 0.5) is 24.5 Å². The van der Waals surface area contributed by atoms with E-state index in [1.165, 1.54) is 43.6 Å². The summed E-state index contributed by atoms with van der Waals surface area (Å²) in [6, 6.07) is 58.2. The van der Waals surface area contributed by atoms with Crippen molar-refractivity contribution >= 4 is 105 Å². The van der Waals surface area contributed by atoms with Crippen molar-refractivity contribution in [3.05, 3.63) is 340 Å². The number of halogens is 3. The summed E-state index contributed by atoms with van der Waals surface area (Å²) in [7, 11) is -6.27. The Labute approximate surface area is 724 Å². The lowest BCUT2D eigenvalue weighted by molar-refractivity contribution is -0.0500. The van der Waals surface area contributed by atoms with Gasteiger partial charge in [0.1, 0.15) is 57.5 Å². The Morgan fingerprint density at radius 2 is 0.742 bits per heavy atom. The van der Waals surface area contributed by atoms with E-state index in [1.807, 2.05) is 159 Å². The Hall–Kier alpha value is -16.2. The number of pyridine rings is 6. The molecule has 6 aromatic carbocycles. The van der Waals surface area contributed by atoms with Crippen molar-refractivity contribution in [1.29, 1.82) is 0 Å². The van der Waals surface area contributed by atoms with E-state index < -0.39 is 83.9 Å². The molecule has 0 spiro atoms. The Morgan fingerprint density at radius 1 is 0.398 bits per heavy atom. The summed E-state index contributed by atoms with van der Waals surface area (Å²) in [4.78, 5) is 155. The first-order valence-corrected chi connectivity index (χ1v) is 40.8. The summed E-state index contributed by atoms with van der Waals surface area (Å²) in [6.07, 6.45) is 8.63. The van der Waals surface area contributed by atoms with Crippen LogP contribution in [-0.2, 0) is 63.8 Å². The number of anilines is 2. The average Bonchev–Trinajstić information content (AvgIpc) is 0.752. The van der Waals surface area contributed by atoms with Crippen LogP contribution in [0.25, 0.3) is 65.9 Å². The second-order valence-corrected chi connectivity index (χ2v) is 29.3. The Kier molecular flexibility index (Phi) is 28.3. The molecule has 34 nitrogen and oxygen atoms in total. The predicted octanol–water partition coefficient (Wildman–Crippen LogP) is 11.7. The molecular weight excluding hydrogens is 1680 g/mol. The van der Waals surface area contributed by atoms with Gasteiger partial charge in [-0.2, -0.15) is 21.6 Å². The lowest BCUT2D eigenvalue weighted by atomic mass is 10.1. The number of carbonyl (C=O) groups is 3. The number of nitrogens with zero attached hydrogens (tertiary/aromatic N) is 14. The van der Waals surface area contributed by atoms with Gasteiger partial charge in [-0.3, -0.25) is 29.1 Å². The van der Waals surface area contributed by atoms with Crippen molar-refractivity contribution in [2.45, 2.75) is 93.5 Å². The molecule has 0 bridgehead atoms. The van der Waals surface area contributed by atoms with E-state index in [0.717, 1.165) is 76.5 Å². The molecule has 0 radical (unpaired) electrons. The first kappa shape index (κ1) is 89.6. The third kappa shape index (κ3) is 20.4. The fourth-order valence-electron chi connectivity index (χ4n) is 13.1. The van der Waals surface area contributed by atoms with Crippen LogP contribution in [0.5, 0.6) is 11.5 Å². The second kappa shape index (κ2) is 40.4. The van der Waals surface area contributed by atoms with Crippen molar-refractivity contribution in [3.8, 4) is 11.5 Å². The number of aromatic nitrogens is 14. The molecule has 654 valence electrons. The number of fused-ring (bicyclic) bond motifs is 6. The molecule has 0 atom stereocenters. The van der Waals surface area contributed by atoms with Gasteiger partial charge in [0, 0.05) is 42.3 Å². The van der Waals surface area contributed by atoms with Gasteiger partial charge >= 0.3 is 50.2 Å². The maximum atomic E-state index is 13.7. The Bertz CT molecular complexity index is 7190. The monoisotopic (exact) mass is 1760 g/mol. The van der Waals surface area contributed by atoms with Gasteiger partial charge in [-0.05, 0) is 106 Å². The highest BCUT2D eigenvalue weighted by Gasteiger charge is 2.50. The summed E-state index contributed by atoms with van der Waals surface area (Å²) in [5.74, 6) is -4.83. The molecule has 0 saturated carbocycles. The molecule has 128 heavy (non-hydrogen) atoms. The molecule has 38 heteroatoms. The highest BCUT2D eigenvalue weighted by atomic mass is 32.2. The van der Waals surface area contributed by atoms with Gasteiger partial charge in [0.15, 0.2) is 45.0 Å². The van der Waals surface area contributed by atoms with Crippen LogP contribution < -0.4 is 56.4 Å². The second-order valence-electron chi connectivity index (χ2n) is 27.8. The van der Waals surface area contributed by atoms with E-state index in [2.05, 4.69) is 70.7 Å². The SMILES string of the molecule is CCOC(=O)c1c(NCc2cnc3ccccc3c2)c2c(C)ncnc2n(OCc2ccccc2)c1=O.CCOC(=O)c1c(O)c2c(C)ncnc2n(OCc2ccccc2)c1=O.CCOC(=O)c1c(OS(=O)(=O)C(F)(F)F)c2c(C)ncnc2n(OCc2ccccc2)c1=O.Cc1ncnc2c1c(NCc1cnc3ccccc3c1)cc(=O)n2OCc1ccccc1. The highest BCUT2D eigenvalue weighted by molar-refractivity contribution is 7.88. The zero-order valence-corrected chi connectivity index (χ0v) is 70.2. The number of esters is 3. The Balaban J connectivity index is 0.000000147. The van der Waals surface area contributed by atoms with Gasteiger partial charge in [-0.15, -0.1) is 18.9 Å². The summed E-state index contributed by atoms with van der Waals surface area (Å²) in [5.41, 5.74) is -0.875. The molecule has 10 aromatic heterocycles. The van der Waals surface area contributed by atoms with Gasteiger partial charge in [-0.1, -0.05) is 158 Å². The smallest absolute Gasteiger partial charge is 0.506 e. The zero-order chi connectivity index (χ0) is 90.8. The van der Waals surface area contributed by atoms with Crippen LogP contribution in [0.15, 0.2) is 245 Å². The fraction of sp³-hybridized carbons (Fsp3) is 0.189. The molecule has 0 aliphatic rings. The number of aromatic hydroxyl groups is 1. The number of alkyl halides is 3. The normalized spacial score (nSPS) is 11.2. The molecule has 0 saturated heterocycles. The lowest BCUT2D eigenvalue weighted by Crippen LogP contribution is -2.35. The molecule has 3 N–H and O–H groups in total. The molecule has 16 aromatic rings. The van der Waals surface area contributed by atoms with E-state index in [1.54, 1.807) is 64.2 Å². The molecule has 0 amide bonds. The van der Waals surface area contributed by atoms with Gasteiger partial charge in [0.2, 0.25) is 0 Å². The van der Waals surface area contributed by atoms with Gasteiger partial charge in [0.05, 0.1) is 86.5 Å². The number of aryl methyl sites for hydroxylation is 4. The van der Waals surface area contributed by atoms with Gasteiger partial charge in [0.25, 0.3) is 5.56 Å². The van der Waals surface area contributed by atoms with Crippen molar-refractivity contribution < 1.29 is 78.8 Å². The number of para-hydroxylation sites is 2. The molecule has 0 fully saturated rings. The maximum absolute atomic E-state index is 13.7. The van der Waals surface area contributed by atoms with Crippen molar-refractivity contribution in [3.63, 3.8) is 0 Å². The standard InChI is InChI=1S/C28H25N5O4.C25H21N5O2.C19H16F3N3O7S.C18H17N3O5/c1-3-36-28(35)24-25(30-15-20-13-21-11-7-8-12-22(21)29-14-20)23-18(2)31-17-32-26(23)33(27(24)34)37-16-19-9-5-4-6-10-19;1-17-24-22(27-14-19-11-20-9-5-6-10-21(20)26-13-19)12-23(31)30(25(24)29-16-28-17)32-15-18-7-3-2-4-8-18;1-3-30-18(27)14-15(32-33(28,29)19(20,21)22)13-11(2)23-10-24-16(13)25(17(14)26)31-9-12-7-5-4-6-8-12;1-3-25-18(24)14-15(22)13-11(2)19-10-20-16(13)21(17(14)23)26-9-12-7-5-4-6-8-12/h4-14,17,30H,3,15-16H2,1-2H3;2-13,16,27H,14-15H2,1H3;4-8,10H,3,9H2,1-2H3;4-8,10,22H,3,9H2,1-2H3. The van der Waals surface area contributed by atoms with Crippen LogP contribution in [0.2, 0.25) is 0 Å². The number of hydrogen-bond donors (Lipinski definition) is 3. The number of benzene rings is 6. The molecule has 0 aliphatic carbocycles. The van der Waals surface area contributed by atoms with Crippen LogP contribution in [0.1, 0.15) is 108 Å². The minimum atomic E-state index is -6.27.